The molecule has 1 aromatic rings. The summed E-state index contributed by atoms with van der Waals surface area (Å²) < 4.78 is 0. The van der Waals surface area contributed by atoms with E-state index >= 15 is 0 Å². The number of likely N-dealkylation sites (tertiary alicyclic amines) is 1. The number of rotatable bonds is 2. The van der Waals surface area contributed by atoms with E-state index in [1.54, 1.807) is 0 Å². The first-order valence-electron chi connectivity index (χ1n) is 8.34. The molecule has 21 heavy (non-hydrogen) atoms. The van der Waals surface area contributed by atoms with E-state index in [-0.39, 0.29) is 5.91 Å². The van der Waals surface area contributed by atoms with Gasteiger partial charge in [-0.2, -0.15) is 0 Å². The smallest absolute Gasteiger partial charge is 0.256 e. The van der Waals surface area contributed by atoms with Gasteiger partial charge in [-0.25, -0.2) is 0 Å². The van der Waals surface area contributed by atoms with Gasteiger partial charge >= 0.3 is 0 Å². The zero-order valence-corrected chi connectivity index (χ0v) is 13.0. The summed E-state index contributed by atoms with van der Waals surface area (Å²) in [6.07, 6.45) is 8.91. The van der Waals surface area contributed by atoms with Crippen LogP contribution in [0.5, 0.6) is 0 Å². The summed E-state index contributed by atoms with van der Waals surface area (Å²) in [5, 5.41) is 0. The Morgan fingerprint density at radius 2 is 1.90 bits per heavy atom. The fourth-order valence-electron chi connectivity index (χ4n) is 4.06. The summed E-state index contributed by atoms with van der Waals surface area (Å²) in [5.74, 6) is 0.848. The third-order valence-corrected chi connectivity index (χ3v) is 5.19. The molecular formula is C18H26N2O. The average molecular weight is 286 g/mol. The highest BCUT2D eigenvalue weighted by Gasteiger charge is 2.35. The van der Waals surface area contributed by atoms with Gasteiger partial charge in [-0.05, 0) is 50.7 Å². The van der Waals surface area contributed by atoms with Crippen LogP contribution in [-0.2, 0) is 0 Å². The average Bonchev–Trinajstić information content (AvgIpc) is 2.99. The minimum Gasteiger partial charge on any atom is -0.398 e. The summed E-state index contributed by atoms with van der Waals surface area (Å²) in [7, 11) is 0. The molecule has 1 aliphatic heterocycles. The number of aryl methyl sites for hydroxylation is 1. The second kappa shape index (κ2) is 6.08. The van der Waals surface area contributed by atoms with Crippen molar-refractivity contribution in [1.82, 2.24) is 4.90 Å². The Bertz CT molecular complexity index is 520. The number of nitrogens with zero attached hydrogens (tertiary/aromatic N) is 1. The molecule has 0 radical (unpaired) electrons. The van der Waals surface area contributed by atoms with E-state index in [9.17, 15) is 4.79 Å². The van der Waals surface area contributed by atoms with Crippen LogP contribution in [0.3, 0.4) is 0 Å². The number of benzene rings is 1. The molecule has 2 aliphatic rings. The summed E-state index contributed by atoms with van der Waals surface area (Å²) in [6, 6.07) is 6.20. The van der Waals surface area contributed by atoms with Gasteiger partial charge in [-0.1, -0.05) is 30.9 Å². The van der Waals surface area contributed by atoms with Gasteiger partial charge < -0.3 is 10.6 Å². The highest BCUT2D eigenvalue weighted by Crippen LogP contribution is 2.35. The third-order valence-electron chi connectivity index (χ3n) is 5.19. The van der Waals surface area contributed by atoms with E-state index < -0.39 is 0 Å². The Morgan fingerprint density at radius 3 is 2.67 bits per heavy atom. The SMILES string of the molecule is Cc1ccc(N)c(C(=O)N2CCCC2C2CCCCC2)c1. The van der Waals surface area contributed by atoms with E-state index in [1.165, 1.54) is 38.5 Å². The Balaban J connectivity index is 1.80. The van der Waals surface area contributed by atoms with Crippen molar-refractivity contribution in [2.45, 2.75) is 57.9 Å². The molecule has 1 heterocycles. The molecule has 1 aliphatic carbocycles. The Kier molecular flexibility index (Phi) is 4.18. The van der Waals surface area contributed by atoms with E-state index in [0.717, 1.165) is 18.5 Å². The molecule has 1 aromatic carbocycles. The van der Waals surface area contributed by atoms with Crippen molar-refractivity contribution >= 4 is 11.6 Å². The molecule has 1 unspecified atom stereocenters. The van der Waals surface area contributed by atoms with Crippen LogP contribution >= 0.6 is 0 Å². The first kappa shape index (κ1) is 14.4. The molecule has 2 fully saturated rings. The molecule has 0 aromatic heterocycles. The molecule has 2 N–H and O–H groups in total. The van der Waals surface area contributed by atoms with Crippen LogP contribution in [0.15, 0.2) is 18.2 Å². The second-order valence-electron chi connectivity index (χ2n) is 6.70. The molecule has 3 heteroatoms. The van der Waals surface area contributed by atoms with Gasteiger partial charge in [-0.15, -0.1) is 0 Å². The van der Waals surface area contributed by atoms with Gasteiger partial charge in [-0.3, -0.25) is 4.79 Å². The van der Waals surface area contributed by atoms with Crippen molar-refractivity contribution in [1.29, 1.82) is 0 Å². The van der Waals surface area contributed by atoms with Crippen molar-refractivity contribution in [3.05, 3.63) is 29.3 Å². The lowest BCUT2D eigenvalue weighted by molar-refractivity contribution is 0.0662. The predicted molar refractivity (Wildman–Crippen MR) is 86.2 cm³/mol. The molecule has 0 spiro atoms. The first-order chi connectivity index (χ1) is 10.2. The molecule has 1 saturated heterocycles. The van der Waals surface area contributed by atoms with Crippen LogP contribution in [0.2, 0.25) is 0 Å². The molecule has 3 nitrogen and oxygen atoms in total. The number of amides is 1. The first-order valence-corrected chi connectivity index (χ1v) is 8.34. The highest BCUT2D eigenvalue weighted by molar-refractivity contribution is 5.99. The van der Waals surface area contributed by atoms with E-state index in [0.29, 0.717) is 23.2 Å². The van der Waals surface area contributed by atoms with Crippen LogP contribution in [-0.4, -0.2) is 23.4 Å². The highest BCUT2D eigenvalue weighted by atomic mass is 16.2. The van der Waals surface area contributed by atoms with E-state index in [1.807, 2.05) is 25.1 Å². The zero-order valence-electron chi connectivity index (χ0n) is 13.0. The van der Waals surface area contributed by atoms with E-state index in [2.05, 4.69) is 4.90 Å². The normalized spacial score (nSPS) is 23.5. The second-order valence-corrected chi connectivity index (χ2v) is 6.70. The number of anilines is 1. The largest absolute Gasteiger partial charge is 0.398 e. The van der Waals surface area contributed by atoms with Crippen molar-refractivity contribution < 1.29 is 4.79 Å². The molecule has 3 rings (SSSR count). The summed E-state index contributed by atoms with van der Waals surface area (Å²) in [5.41, 5.74) is 8.44. The number of carbonyl (C=O) groups is 1. The molecule has 114 valence electrons. The summed E-state index contributed by atoms with van der Waals surface area (Å²) in [6.45, 7) is 2.91. The van der Waals surface area contributed by atoms with Gasteiger partial charge in [0.05, 0.1) is 5.56 Å². The van der Waals surface area contributed by atoms with Crippen molar-refractivity contribution in [3.8, 4) is 0 Å². The van der Waals surface area contributed by atoms with Crippen LogP contribution in [0.25, 0.3) is 0 Å². The van der Waals surface area contributed by atoms with Crippen LogP contribution in [0.4, 0.5) is 5.69 Å². The third kappa shape index (κ3) is 2.92. The predicted octanol–water partition coefficient (Wildman–Crippen LogP) is 3.76. The standard InChI is InChI=1S/C18H26N2O/c1-13-9-10-16(19)15(12-13)18(21)20-11-5-8-17(20)14-6-3-2-4-7-14/h9-10,12,14,17H,2-8,11,19H2,1H3. The summed E-state index contributed by atoms with van der Waals surface area (Å²) >= 11 is 0. The Morgan fingerprint density at radius 1 is 1.14 bits per heavy atom. The fourth-order valence-corrected chi connectivity index (χ4v) is 4.06. The Labute approximate surface area is 127 Å². The summed E-state index contributed by atoms with van der Waals surface area (Å²) in [4.78, 5) is 15.0. The Hall–Kier alpha value is -1.51. The molecule has 1 saturated carbocycles. The van der Waals surface area contributed by atoms with Gasteiger partial charge in [0.25, 0.3) is 5.91 Å². The minimum atomic E-state index is 0.143. The van der Waals surface area contributed by atoms with Gasteiger partial charge in [0.15, 0.2) is 0 Å². The molecule has 1 amide bonds. The molecular weight excluding hydrogens is 260 g/mol. The fraction of sp³-hybridized carbons (Fsp3) is 0.611. The van der Waals surface area contributed by atoms with Crippen LogP contribution < -0.4 is 5.73 Å². The lowest BCUT2D eigenvalue weighted by Gasteiger charge is -2.34. The maximum Gasteiger partial charge on any atom is 0.256 e. The van der Waals surface area contributed by atoms with Gasteiger partial charge in [0, 0.05) is 18.3 Å². The van der Waals surface area contributed by atoms with Crippen LogP contribution in [0, 0.1) is 12.8 Å². The monoisotopic (exact) mass is 286 g/mol. The topological polar surface area (TPSA) is 46.3 Å². The molecule has 1 atom stereocenters. The minimum absolute atomic E-state index is 0.143. The number of carbonyl (C=O) groups excluding carboxylic acids is 1. The van der Waals surface area contributed by atoms with Crippen molar-refractivity contribution in [3.63, 3.8) is 0 Å². The molecule has 0 bridgehead atoms. The van der Waals surface area contributed by atoms with Gasteiger partial charge in [0.1, 0.15) is 0 Å². The lowest BCUT2D eigenvalue weighted by Crippen LogP contribution is -2.41. The maximum absolute atomic E-state index is 12.9. The zero-order chi connectivity index (χ0) is 14.8. The van der Waals surface area contributed by atoms with Crippen LogP contribution in [0.1, 0.15) is 60.9 Å². The number of hydrogen-bond acceptors (Lipinski definition) is 2. The number of nitrogen functional groups attached to an aromatic ring is 1. The number of hydrogen-bond donors (Lipinski definition) is 1. The van der Waals surface area contributed by atoms with Crippen molar-refractivity contribution in [2.75, 3.05) is 12.3 Å². The van der Waals surface area contributed by atoms with E-state index in [4.69, 9.17) is 5.73 Å². The maximum atomic E-state index is 12.9. The van der Waals surface area contributed by atoms with Gasteiger partial charge in [0.2, 0.25) is 0 Å². The lowest BCUT2D eigenvalue weighted by atomic mass is 9.83. The van der Waals surface area contributed by atoms with Crippen molar-refractivity contribution in [2.24, 2.45) is 5.92 Å². The number of nitrogens with two attached hydrogens (primary N) is 1. The quantitative estimate of drug-likeness (QED) is 0.841.